The highest BCUT2D eigenvalue weighted by Gasteiger charge is 2.35. The highest BCUT2D eigenvalue weighted by molar-refractivity contribution is 6.03. The fourth-order valence-electron chi connectivity index (χ4n) is 1.63. The second-order valence-corrected chi connectivity index (χ2v) is 4.17. The van der Waals surface area contributed by atoms with Gasteiger partial charge in [-0.1, -0.05) is 0 Å². The minimum Gasteiger partial charge on any atom is -0.373 e. The van der Waals surface area contributed by atoms with Crippen LogP contribution >= 0.6 is 0 Å². The summed E-state index contributed by atoms with van der Waals surface area (Å²) in [5.74, 6) is -0.0904. The van der Waals surface area contributed by atoms with Gasteiger partial charge in [-0.2, -0.15) is 18.3 Å². The van der Waals surface area contributed by atoms with Crippen molar-refractivity contribution in [3.05, 3.63) is 35.8 Å². The van der Waals surface area contributed by atoms with E-state index >= 15 is 0 Å². The Morgan fingerprint density at radius 2 is 2.05 bits per heavy atom. The normalized spacial score (nSPS) is 11.3. The predicted molar refractivity (Wildman–Crippen MR) is 69.9 cm³/mol. The molecular formula is C12H12F3N5O. The van der Waals surface area contributed by atoms with Crippen molar-refractivity contribution in [2.24, 2.45) is 7.05 Å². The summed E-state index contributed by atoms with van der Waals surface area (Å²) in [6, 6.07) is 3.91. The number of aromatic nitrogens is 3. The van der Waals surface area contributed by atoms with E-state index in [4.69, 9.17) is 0 Å². The topological polar surface area (TPSA) is 71.8 Å². The first kappa shape index (κ1) is 14.8. The van der Waals surface area contributed by atoms with Crippen LogP contribution in [-0.4, -0.2) is 27.7 Å². The molecule has 2 heterocycles. The van der Waals surface area contributed by atoms with Crippen LogP contribution in [0.2, 0.25) is 0 Å². The molecule has 0 aliphatic carbocycles. The number of nitrogens with zero attached hydrogens (tertiary/aromatic N) is 3. The van der Waals surface area contributed by atoms with Crippen LogP contribution in [0.1, 0.15) is 16.2 Å². The van der Waals surface area contributed by atoms with Gasteiger partial charge in [0.15, 0.2) is 5.69 Å². The van der Waals surface area contributed by atoms with Gasteiger partial charge >= 0.3 is 6.18 Å². The molecule has 0 aliphatic heterocycles. The van der Waals surface area contributed by atoms with E-state index in [1.54, 1.807) is 19.2 Å². The molecule has 0 fully saturated rings. The van der Waals surface area contributed by atoms with E-state index in [0.29, 0.717) is 17.6 Å². The first-order valence-corrected chi connectivity index (χ1v) is 5.87. The number of hydrogen-bond donors (Lipinski definition) is 2. The van der Waals surface area contributed by atoms with E-state index in [1.165, 1.54) is 13.2 Å². The van der Waals surface area contributed by atoms with Crippen molar-refractivity contribution in [3.63, 3.8) is 0 Å². The van der Waals surface area contributed by atoms with Gasteiger partial charge < -0.3 is 10.6 Å². The number of alkyl halides is 3. The molecule has 0 saturated carbocycles. The summed E-state index contributed by atoms with van der Waals surface area (Å²) < 4.78 is 38.5. The van der Waals surface area contributed by atoms with E-state index in [1.807, 2.05) is 0 Å². The molecule has 2 N–H and O–H groups in total. The lowest BCUT2D eigenvalue weighted by atomic mass is 10.3. The second-order valence-electron chi connectivity index (χ2n) is 4.17. The number of aryl methyl sites for hydroxylation is 1. The van der Waals surface area contributed by atoms with Gasteiger partial charge in [0.2, 0.25) is 0 Å². The average Bonchev–Trinajstić information content (AvgIpc) is 2.82. The zero-order valence-corrected chi connectivity index (χ0v) is 11.2. The van der Waals surface area contributed by atoms with Crippen LogP contribution in [0.3, 0.4) is 0 Å². The highest BCUT2D eigenvalue weighted by atomic mass is 19.4. The molecule has 0 atom stereocenters. The Hall–Kier alpha value is -2.58. The SMILES string of the molecule is CNc1ccc(NC(=O)c2cc(C(F)(F)F)nn2C)cn1. The molecule has 0 saturated heterocycles. The zero-order valence-electron chi connectivity index (χ0n) is 11.2. The van der Waals surface area contributed by atoms with Crippen molar-refractivity contribution in [3.8, 4) is 0 Å². The van der Waals surface area contributed by atoms with Crippen molar-refractivity contribution in [2.75, 3.05) is 17.7 Å². The Balaban J connectivity index is 2.18. The van der Waals surface area contributed by atoms with E-state index in [9.17, 15) is 18.0 Å². The Morgan fingerprint density at radius 3 is 2.52 bits per heavy atom. The van der Waals surface area contributed by atoms with Crippen molar-refractivity contribution in [1.82, 2.24) is 14.8 Å². The van der Waals surface area contributed by atoms with E-state index in [-0.39, 0.29) is 5.69 Å². The molecule has 0 aliphatic rings. The van der Waals surface area contributed by atoms with E-state index < -0.39 is 17.8 Å². The summed E-state index contributed by atoms with van der Waals surface area (Å²) in [4.78, 5) is 15.9. The number of nitrogens with one attached hydrogen (secondary N) is 2. The van der Waals surface area contributed by atoms with E-state index in [0.717, 1.165) is 4.68 Å². The summed E-state index contributed by atoms with van der Waals surface area (Å²) in [6.07, 6.45) is -3.20. The van der Waals surface area contributed by atoms with Gasteiger partial charge in [-0.3, -0.25) is 9.48 Å². The molecule has 0 radical (unpaired) electrons. The second kappa shape index (κ2) is 5.43. The molecule has 2 aromatic rings. The minimum absolute atomic E-state index is 0.194. The molecule has 6 nitrogen and oxygen atoms in total. The Kier molecular flexibility index (Phi) is 3.83. The number of carbonyl (C=O) groups is 1. The molecular weight excluding hydrogens is 287 g/mol. The first-order valence-electron chi connectivity index (χ1n) is 5.87. The fraction of sp³-hybridized carbons (Fsp3) is 0.250. The molecule has 2 aromatic heterocycles. The van der Waals surface area contributed by atoms with Gasteiger partial charge in [0.25, 0.3) is 5.91 Å². The van der Waals surface area contributed by atoms with Crippen molar-refractivity contribution in [2.45, 2.75) is 6.18 Å². The maximum absolute atomic E-state index is 12.5. The quantitative estimate of drug-likeness (QED) is 0.910. The number of hydrogen-bond acceptors (Lipinski definition) is 4. The predicted octanol–water partition coefficient (Wildman–Crippen LogP) is 2.13. The number of anilines is 2. The van der Waals surface area contributed by atoms with Gasteiger partial charge in [-0.25, -0.2) is 4.98 Å². The monoisotopic (exact) mass is 299 g/mol. The number of pyridine rings is 1. The molecule has 0 aromatic carbocycles. The van der Waals surface area contributed by atoms with Crippen LogP contribution in [0.15, 0.2) is 24.4 Å². The van der Waals surface area contributed by atoms with Gasteiger partial charge in [-0.15, -0.1) is 0 Å². The van der Waals surface area contributed by atoms with Gasteiger partial charge in [0.1, 0.15) is 11.5 Å². The van der Waals surface area contributed by atoms with Crippen LogP contribution in [0, 0.1) is 0 Å². The molecule has 0 unspecified atom stereocenters. The van der Waals surface area contributed by atoms with Crippen molar-refractivity contribution >= 4 is 17.4 Å². The fourth-order valence-corrected chi connectivity index (χ4v) is 1.63. The number of carbonyl (C=O) groups excluding carboxylic acids is 1. The zero-order chi connectivity index (χ0) is 15.6. The standard InChI is InChI=1S/C12H12F3N5O/c1-16-10-4-3-7(6-17-10)18-11(21)8-5-9(12(13,14)15)19-20(8)2/h3-6H,1-2H3,(H,16,17)(H,18,21). The van der Waals surface area contributed by atoms with Crippen LogP contribution < -0.4 is 10.6 Å². The summed E-state index contributed by atoms with van der Waals surface area (Å²) in [5, 5.41) is 8.54. The van der Waals surface area contributed by atoms with Gasteiger partial charge in [-0.05, 0) is 12.1 Å². The molecule has 0 bridgehead atoms. The maximum Gasteiger partial charge on any atom is 0.435 e. The molecule has 2 rings (SSSR count). The lowest BCUT2D eigenvalue weighted by Crippen LogP contribution is -2.16. The van der Waals surface area contributed by atoms with Crippen molar-refractivity contribution in [1.29, 1.82) is 0 Å². The van der Waals surface area contributed by atoms with Crippen LogP contribution in [0.5, 0.6) is 0 Å². The summed E-state index contributed by atoms with van der Waals surface area (Å²) in [7, 11) is 2.96. The lowest BCUT2D eigenvalue weighted by Gasteiger charge is -2.05. The molecule has 9 heteroatoms. The van der Waals surface area contributed by atoms with Crippen LogP contribution in [-0.2, 0) is 13.2 Å². The molecule has 112 valence electrons. The first-order chi connectivity index (χ1) is 9.81. The Labute approximate surface area is 118 Å². The third-order valence-corrected chi connectivity index (χ3v) is 2.68. The Morgan fingerprint density at radius 1 is 1.33 bits per heavy atom. The summed E-state index contributed by atoms with van der Waals surface area (Å²) >= 11 is 0. The molecule has 0 spiro atoms. The van der Waals surface area contributed by atoms with Crippen LogP contribution in [0.25, 0.3) is 0 Å². The van der Waals surface area contributed by atoms with Gasteiger partial charge in [0, 0.05) is 20.2 Å². The molecule has 1 amide bonds. The average molecular weight is 299 g/mol. The third kappa shape index (κ3) is 3.30. The summed E-state index contributed by atoms with van der Waals surface area (Å²) in [6.45, 7) is 0. The minimum atomic E-state index is -4.59. The lowest BCUT2D eigenvalue weighted by molar-refractivity contribution is -0.141. The van der Waals surface area contributed by atoms with E-state index in [2.05, 4.69) is 20.7 Å². The van der Waals surface area contributed by atoms with Crippen molar-refractivity contribution < 1.29 is 18.0 Å². The maximum atomic E-state index is 12.5. The number of halogens is 3. The molecule has 21 heavy (non-hydrogen) atoms. The number of amides is 1. The largest absolute Gasteiger partial charge is 0.435 e. The Bertz CT molecular complexity index is 648. The van der Waals surface area contributed by atoms with Gasteiger partial charge in [0.05, 0.1) is 11.9 Å². The smallest absolute Gasteiger partial charge is 0.373 e. The number of rotatable bonds is 3. The third-order valence-electron chi connectivity index (χ3n) is 2.68. The van der Waals surface area contributed by atoms with Crippen LogP contribution in [0.4, 0.5) is 24.7 Å². The summed E-state index contributed by atoms with van der Waals surface area (Å²) in [5.41, 5.74) is -0.937. The highest BCUT2D eigenvalue weighted by Crippen LogP contribution is 2.28.